The second kappa shape index (κ2) is 10.3. The van der Waals surface area contributed by atoms with E-state index in [0.29, 0.717) is 17.5 Å². The van der Waals surface area contributed by atoms with E-state index in [4.69, 9.17) is 19.4 Å². The number of furan rings is 1. The van der Waals surface area contributed by atoms with Gasteiger partial charge in [0, 0.05) is 27.5 Å². The minimum Gasteiger partial charge on any atom is -0.456 e. The van der Waals surface area contributed by atoms with E-state index in [-0.39, 0.29) is 0 Å². The van der Waals surface area contributed by atoms with Crippen LogP contribution in [-0.2, 0) is 0 Å². The first-order valence-electron chi connectivity index (χ1n) is 14.3. The van der Waals surface area contributed by atoms with Gasteiger partial charge in [-0.3, -0.25) is 0 Å². The fourth-order valence-electron chi connectivity index (χ4n) is 6.09. The maximum Gasteiger partial charge on any atom is 0.164 e. The van der Waals surface area contributed by atoms with Gasteiger partial charge < -0.3 is 4.42 Å². The van der Waals surface area contributed by atoms with Crippen molar-refractivity contribution in [3.63, 3.8) is 0 Å². The molecule has 2 aromatic heterocycles. The molecule has 0 saturated carbocycles. The molecule has 9 heteroatoms. The van der Waals surface area contributed by atoms with Crippen molar-refractivity contribution >= 4 is 88.5 Å². The van der Waals surface area contributed by atoms with Gasteiger partial charge in [0.05, 0.1) is 0 Å². The van der Waals surface area contributed by atoms with Crippen LogP contribution >= 0.6 is 0 Å². The molecule has 7 rings (SSSR count). The molecule has 0 bridgehead atoms. The Morgan fingerprint density at radius 1 is 0.405 bits per heavy atom. The van der Waals surface area contributed by atoms with Gasteiger partial charge >= 0.3 is 0 Å². The molecular formula is C33H26B5N3O. The van der Waals surface area contributed by atoms with Crippen LogP contribution in [0, 0.1) is 0 Å². The molecule has 0 amide bonds. The molecule has 0 radical (unpaired) electrons. The molecule has 0 aliphatic rings. The Balaban J connectivity index is 1.56. The van der Waals surface area contributed by atoms with Crippen LogP contribution in [0.4, 0.5) is 0 Å². The molecular weight excluding hydrogens is 508 g/mol. The van der Waals surface area contributed by atoms with Gasteiger partial charge in [-0.25, -0.2) is 15.0 Å². The minimum absolute atomic E-state index is 0.621. The average Bonchev–Trinajstić information content (AvgIpc) is 3.43. The lowest BCUT2D eigenvalue weighted by Crippen LogP contribution is -2.55. The lowest BCUT2D eigenvalue weighted by molar-refractivity contribution is 0.669. The summed E-state index contributed by atoms with van der Waals surface area (Å²) in [7, 11) is 11.1. The van der Waals surface area contributed by atoms with Gasteiger partial charge in [0.25, 0.3) is 0 Å². The number of nitrogens with zero attached hydrogens (tertiary/aromatic N) is 3. The van der Waals surface area contributed by atoms with E-state index < -0.39 is 0 Å². The average molecular weight is 535 g/mol. The van der Waals surface area contributed by atoms with Gasteiger partial charge in [-0.15, -0.1) is 16.4 Å². The summed E-state index contributed by atoms with van der Waals surface area (Å²) in [4.78, 5) is 15.0. The molecule has 7 aromatic rings. The summed E-state index contributed by atoms with van der Waals surface area (Å²) < 4.78 is 6.50. The minimum atomic E-state index is 0.621. The fraction of sp³-hybridized carbons (Fsp3) is 0. The molecule has 0 saturated heterocycles. The Morgan fingerprint density at radius 2 is 0.833 bits per heavy atom. The van der Waals surface area contributed by atoms with Crippen molar-refractivity contribution in [2.75, 3.05) is 0 Å². The molecule has 0 aliphatic carbocycles. The van der Waals surface area contributed by atoms with Gasteiger partial charge in [0.1, 0.15) is 50.4 Å². The highest BCUT2D eigenvalue weighted by atomic mass is 16.3. The maximum absolute atomic E-state index is 6.50. The lowest BCUT2D eigenvalue weighted by Gasteiger charge is -2.21. The van der Waals surface area contributed by atoms with Gasteiger partial charge in [-0.1, -0.05) is 95.9 Å². The highest BCUT2D eigenvalue weighted by Crippen LogP contribution is 2.40. The normalized spacial score (nSPS) is 11.3. The number of hydrogen-bond donors (Lipinski definition) is 0. The Labute approximate surface area is 249 Å². The van der Waals surface area contributed by atoms with Crippen LogP contribution in [0.15, 0.2) is 101 Å². The summed E-state index contributed by atoms with van der Waals surface area (Å²) in [6.07, 6.45) is 0. The van der Waals surface area contributed by atoms with Crippen LogP contribution < -0.4 is 27.3 Å². The molecule has 0 N–H and O–H groups in total. The van der Waals surface area contributed by atoms with E-state index in [1.165, 1.54) is 38.4 Å². The van der Waals surface area contributed by atoms with E-state index in [1.54, 1.807) is 0 Å². The van der Waals surface area contributed by atoms with Crippen molar-refractivity contribution in [3.8, 4) is 45.3 Å². The molecule has 4 nitrogen and oxygen atoms in total. The van der Waals surface area contributed by atoms with Gasteiger partial charge in [0.15, 0.2) is 17.5 Å². The lowest BCUT2D eigenvalue weighted by atomic mass is 9.59. The van der Waals surface area contributed by atoms with Gasteiger partial charge in [0.2, 0.25) is 0 Å². The van der Waals surface area contributed by atoms with Gasteiger partial charge in [-0.2, -0.15) is 0 Å². The number of fused-ring (bicyclic) bond motifs is 3. The zero-order chi connectivity index (χ0) is 29.0. The van der Waals surface area contributed by atoms with Crippen molar-refractivity contribution in [2.24, 2.45) is 0 Å². The highest BCUT2D eigenvalue weighted by Gasteiger charge is 2.22. The molecule has 194 valence electrons. The molecule has 0 spiro atoms. The van der Waals surface area contributed by atoms with E-state index in [9.17, 15) is 0 Å². The number of aromatic nitrogens is 3. The third-order valence-electron chi connectivity index (χ3n) is 8.73. The van der Waals surface area contributed by atoms with Crippen molar-refractivity contribution in [3.05, 3.63) is 97.1 Å². The topological polar surface area (TPSA) is 51.8 Å². The van der Waals surface area contributed by atoms with Crippen molar-refractivity contribution < 1.29 is 4.42 Å². The second-order valence-electron chi connectivity index (χ2n) is 11.0. The van der Waals surface area contributed by atoms with Crippen LogP contribution in [-0.4, -0.2) is 54.2 Å². The highest BCUT2D eigenvalue weighted by molar-refractivity contribution is 6.68. The number of rotatable bonds is 4. The van der Waals surface area contributed by atoms with Crippen LogP contribution in [0.5, 0.6) is 0 Å². The summed E-state index contributed by atoms with van der Waals surface area (Å²) >= 11 is 0. The summed E-state index contributed by atoms with van der Waals surface area (Å²) in [5, 5.41) is 2.10. The van der Waals surface area contributed by atoms with Crippen molar-refractivity contribution in [1.29, 1.82) is 0 Å². The zero-order valence-electron chi connectivity index (χ0n) is 24.5. The third-order valence-corrected chi connectivity index (χ3v) is 8.73. The monoisotopic (exact) mass is 535 g/mol. The van der Waals surface area contributed by atoms with Crippen LogP contribution in [0.25, 0.3) is 67.2 Å². The van der Waals surface area contributed by atoms with Crippen LogP contribution in [0.1, 0.15) is 0 Å². The summed E-state index contributed by atoms with van der Waals surface area (Å²) in [6, 6.07) is 32.7. The molecule has 0 fully saturated rings. The number of benzene rings is 5. The van der Waals surface area contributed by atoms with Crippen molar-refractivity contribution in [2.45, 2.75) is 0 Å². The molecule has 5 aromatic carbocycles. The largest absolute Gasteiger partial charge is 0.456 e. The molecule has 0 unspecified atom stereocenters. The predicted octanol–water partition coefficient (Wildman–Crippen LogP) is -0.269. The summed E-state index contributed by atoms with van der Waals surface area (Å²) in [5.41, 5.74) is 13.5. The summed E-state index contributed by atoms with van der Waals surface area (Å²) in [6.45, 7) is 0. The van der Waals surface area contributed by atoms with Crippen LogP contribution in [0.2, 0.25) is 0 Å². The predicted molar refractivity (Wildman–Crippen MR) is 190 cm³/mol. The first kappa shape index (κ1) is 26.2. The Kier molecular flexibility index (Phi) is 6.39. The zero-order valence-corrected chi connectivity index (χ0v) is 24.5. The second-order valence-corrected chi connectivity index (χ2v) is 11.0. The molecule has 42 heavy (non-hydrogen) atoms. The fourth-order valence-corrected chi connectivity index (χ4v) is 6.09. The van der Waals surface area contributed by atoms with E-state index in [0.717, 1.165) is 38.6 Å². The molecule has 2 heterocycles. The third kappa shape index (κ3) is 4.19. The quantitative estimate of drug-likeness (QED) is 0.292. The maximum atomic E-state index is 6.50. The Morgan fingerprint density at radius 3 is 1.36 bits per heavy atom. The Bertz CT molecular complexity index is 2060. The Hall–Kier alpha value is -4.77. The molecule has 0 aliphatic heterocycles. The van der Waals surface area contributed by atoms with E-state index in [2.05, 4.69) is 63.5 Å². The van der Waals surface area contributed by atoms with Crippen LogP contribution in [0.3, 0.4) is 0 Å². The first-order chi connectivity index (χ1) is 20.4. The van der Waals surface area contributed by atoms with E-state index in [1.807, 2.05) is 72.8 Å². The SMILES string of the molecule is Bc1c(B)c(B)c(-c2cccc3oc4cccc(-c5nc(-c6ccccc6)nc(-c6ccccc6)n5)c4c23)c(B)c1B. The molecule has 0 atom stereocenters. The smallest absolute Gasteiger partial charge is 0.164 e. The standard InChI is InChI=1S/C33H26B5N3O/c34-26-25(27(35)29(37)30(38)28(26)36)19-13-7-15-21-23(19)24-20(14-8-16-22(24)42-21)33-40-31(17-9-3-1-4-10-17)39-32(41-33)18-11-5-2-6-12-18/h1-16H,34-38H2. The number of hydrogen-bond acceptors (Lipinski definition) is 4. The van der Waals surface area contributed by atoms with Crippen molar-refractivity contribution in [1.82, 2.24) is 15.0 Å². The van der Waals surface area contributed by atoms with Gasteiger partial charge in [-0.05, 0) is 23.3 Å². The van der Waals surface area contributed by atoms with E-state index >= 15 is 0 Å². The first-order valence-corrected chi connectivity index (χ1v) is 14.3. The summed E-state index contributed by atoms with van der Waals surface area (Å²) in [5.74, 6) is 1.90.